The topological polar surface area (TPSA) is 9.23 Å². The maximum absolute atomic E-state index is 6.11. The molecule has 0 saturated heterocycles. The summed E-state index contributed by atoms with van der Waals surface area (Å²) in [6.07, 6.45) is 4.34. The molecule has 84 valence electrons. The molecule has 0 aliphatic heterocycles. The minimum Gasteiger partial charge on any atom is -0.494 e. The van der Waals surface area contributed by atoms with E-state index in [1.165, 1.54) is 0 Å². The summed E-state index contributed by atoms with van der Waals surface area (Å²) in [6, 6.07) is 9.91. The molecule has 2 heteroatoms. The summed E-state index contributed by atoms with van der Waals surface area (Å²) in [7, 11) is 0. The van der Waals surface area contributed by atoms with Crippen LogP contribution >= 0.6 is 11.6 Å². The number of para-hydroxylation sites is 1. The Bertz CT molecular complexity index is 248. The Morgan fingerprint density at radius 3 is 2.60 bits per heavy atom. The summed E-state index contributed by atoms with van der Waals surface area (Å²) in [5.74, 6) is 0.944. The second kappa shape index (κ2) is 7.58. The van der Waals surface area contributed by atoms with E-state index >= 15 is 0 Å². The Hall–Kier alpha value is -0.690. The number of halogens is 1. The van der Waals surface area contributed by atoms with Crippen LogP contribution in [0.1, 0.15) is 32.6 Å². The van der Waals surface area contributed by atoms with Crippen molar-refractivity contribution in [2.45, 2.75) is 38.0 Å². The van der Waals surface area contributed by atoms with E-state index in [2.05, 4.69) is 6.92 Å². The lowest BCUT2D eigenvalue weighted by molar-refractivity contribution is 0.305. The Morgan fingerprint density at radius 1 is 1.20 bits per heavy atom. The van der Waals surface area contributed by atoms with Gasteiger partial charge in [0.2, 0.25) is 0 Å². The zero-order valence-electron chi connectivity index (χ0n) is 9.29. The van der Waals surface area contributed by atoms with Gasteiger partial charge in [-0.25, -0.2) is 0 Å². The zero-order chi connectivity index (χ0) is 10.9. The van der Waals surface area contributed by atoms with Crippen LogP contribution in [0.2, 0.25) is 0 Å². The van der Waals surface area contributed by atoms with Gasteiger partial charge in [-0.05, 0) is 31.4 Å². The van der Waals surface area contributed by atoms with Gasteiger partial charge >= 0.3 is 0 Å². The van der Waals surface area contributed by atoms with Gasteiger partial charge in [-0.2, -0.15) is 0 Å². The molecule has 0 bridgehead atoms. The first-order valence-corrected chi connectivity index (χ1v) is 6.08. The van der Waals surface area contributed by atoms with Crippen molar-refractivity contribution in [1.29, 1.82) is 0 Å². The molecule has 1 nitrogen and oxygen atoms in total. The van der Waals surface area contributed by atoms with Gasteiger partial charge in [0.25, 0.3) is 0 Å². The SMILES string of the molecule is CCCC(Cl)CCCOc1ccccc1. The van der Waals surface area contributed by atoms with Gasteiger partial charge in [-0.1, -0.05) is 31.5 Å². The van der Waals surface area contributed by atoms with Crippen LogP contribution in [-0.2, 0) is 0 Å². The van der Waals surface area contributed by atoms with Crippen LogP contribution in [0.25, 0.3) is 0 Å². The number of benzene rings is 1. The fraction of sp³-hybridized carbons (Fsp3) is 0.538. The molecule has 15 heavy (non-hydrogen) atoms. The Kier molecular flexibility index (Phi) is 6.26. The van der Waals surface area contributed by atoms with Crippen molar-refractivity contribution in [1.82, 2.24) is 0 Å². The molecule has 0 aromatic heterocycles. The van der Waals surface area contributed by atoms with E-state index in [4.69, 9.17) is 16.3 Å². The summed E-state index contributed by atoms with van der Waals surface area (Å²) in [6.45, 7) is 2.92. The van der Waals surface area contributed by atoms with Crippen LogP contribution in [0.15, 0.2) is 30.3 Å². The maximum atomic E-state index is 6.11. The molecule has 1 atom stereocenters. The third-order valence-electron chi connectivity index (χ3n) is 2.28. The fourth-order valence-corrected chi connectivity index (χ4v) is 1.84. The first-order valence-electron chi connectivity index (χ1n) is 5.65. The minimum absolute atomic E-state index is 0.314. The molecule has 0 heterocycles. The highest BCUT2D eigenvalue weighted by molar-refractivity contribution is 6.20. The molecule has 0 aliphatic rings. The summed E-state index contributed by atoms with van der Waals surface area (Å²) >= 11 is 6.11. The quantitative estimate of drug-likeness (QED) is 0.499. The third-order valence-corrected chi connectivity index (χ3v) is 2.71. The first kappa shape index (κ1) is 12.4. The van der Waals surface area contributed by atoms with Crippen LogP contribution in [-0.4, -0.2) is 12.0 Å². The normalized spacial score (nSPS) is 12.4. The molecule has 0 spiro atoms. The average Bonchev–Trinajstić information content (AvgIpc) is 2.26. The lowest BCUT2D eigenvalue weighted by Crippen LogP contribution is -2.03. The molecule has 1 aromatic rings. The highest BCUT2D eigenvalue weighted by Gasteiger charge is 2.02. The van der Waals surface area contributed by atoms with E-state index in [1.54, 1.807) is 0 Å². The van der Waals surface area contributed by atoms with E-state index in [0.717, 1.165) is 38.0 Å². The molecule has 1 aromatic carbocycles. The fourth-order valence-electron chi connectivity index (χ4n) is 1.47. The highest BCUT2D eigenvalue weighted by Crippen LogP contribution is 2.13. The molecule has 0 N–H and O–H groups in total. The predicted molar refractivity (Wildman–Crippen MR) is 65.7 cm³/mol. The number of ether oxygens (including phenoxy) is 1. The van der Waals surface area contributed by atoms with Crippen LogP contribution in [0.4, 0.5) is 0 Å². The average molecular weight is 227 g/mol. The number of alkyl halides is 1. The molecular weight excluding hydrogens is 208 g/mol. The van der Waals surface area contributed by atoms with Crippen molar-refractivity contribution >= 4 is 11.6 Å². The molecule has 0 amide bonds. The van der Waals surface area contributed by atoms with E-state index in [9.17, 15) is 0 Å². The number of hydrogen-bond donors (Lipinski definition) is 0. The summed E-state index contributed by atoms with van der Waals surface area (Å²) in [5, 5.41) is 0.314. The van der Waals surface area contributed by atoms with E-state index in [-0.39, 0.29) is 0 Å². The standard InChI is InChI=1S/C13H19ClO/c1-2-7-12(14)8-6-11-15-13-9-4-3-5-10-13/h3-5,9-10,12H,2,6-8,11H2,1H3. The summed E-state index contributed by atoms with van der Waals surface area (Å²) < 4.78 is 5.58. The molecule has 0 saturated carbocycles. The van der Waals surface area contributed by atoms with Crippen molar-refractivity contribution in [2.24, 2.45) is 0 Å². The van der Waals surface area contributed by atoms with E-state index in [0.29, 0.717) is 5.38 Å². The number of rotatable bonds is 7. The van der Waals surface area contributed by atoms with Crippen molar-refractivity contribution < 1.29 is 4.74 Å². The second-order valence-electron chi connectivity index (χ2n) is 3.69. The molecule has 1 unspecified atom stereocenters. The molecule has 0 radical (unpaired) electrons. The molecule has 0 aliphatic carbocycles. The first-order chi connectivity index (χ1) is 7.33. The molecule has 0 fully saturated rings. The van der Waals surface area contributed by atoms with Gasteiger partial charge in [0, 0.05) is 5.38 Å². The van der Waals surface area contributed by atoms with Crippen LogP contribution in [0.5, 0.6) is 5.75 Å². The smallest absolute Gasteiger partial charge is 0.119 e. The van der Waals surface area contributed by atoms with Crippen molar-refractivity contribution in [2.75, 3.05) is 6.61 Å². The molecular formula is C13H19ClO. The van der Waals surface area contributed by atoms with Crippen molar-refractivity contribution in [3.63, 3.8) is 0 Å². The Labute approximate surface area is 97.4 Å². The van der Waals surface area contributed by atoms with Gasteiger partial charge in [-0.15, -0.1) is 11.6 Å². The summed E-state index contributed by atoms with van der Waals surface area (Å²) in [4.78, 5) is 0. The zero-order valence-corrected chi connectivity index (χ0v) is 10.0. The van der Waals surface area contributed by atoms with Gasteiger partial charge in [0.05, 0.1) is 6.61 Å². The van der Waals surface area contributed by atoms with E-state index in [1.807, 2.05) is 30.3 Å². The maximum Gasteiger partial charge on any atom is 0.119 e. The van der Waals surface area contributed by atoms with Crippen molar-refractivity contribution in [3.05, 3.63) is 30.3 Å². The van der Waals surface area contributed by atoms with Gasteiger partial charge in [-0.3, -0.25) is 0 Å². The van der Waals surface area contributed by atoms with Crippen LogP contribution < -0.4 is 4.74 Å². The monoisotopic (exact) mass is 226 g/mol. The Balaban J connectivity index is 2.07. The van der Waals surface area contributed by atoms with Crippen molar-refractivity contribution in [3.8, 4) is 5.75 Å². The largest absolute Gasteiger partial charge is 0.494 e. The number of hydrogen-bond acceptors (Lipinski definition) is 1. The molecule has 1 rings (SSSR count). The lowest BCUT2D eigenvalue weighted by atomic mass is 10.1. The third kappa shape index (κ3) is 5.68. The summed E-state index contributed by atoms with van der Waals surface area (Å²) in [5.41, 5.74) is 0. The van der Waals surface area contributed by atoms with E-state index < -0.39 is 0 Å². The van der Waals surface area contributed by atoms with Gasteiger partial charge < -0.3 is 4.74 Å². The minimum atomic E-state index is 0.314. The van der Waals surface area contributed by atoms with Gasteiger partial charge in [0.1, 0.15) is 5.75 Å². The highest BCUT2D eigenvalue weighted by atomic mass is 35.5. The van der Waals surface area contributed by atoms with Crippen LogP contribution in [0, 0.1) is 0 Å². The lowest BCUT2D eigenvalue weighted by Gasteiger charge is -2.08. The van der Waals surface area contributed by atoms with Crippen LogP contribution in [0.3, 0.4) is 0 Å². The second-order valence-corrected chi connectivity index (χ2v) is 4.31. The Morgan fingerprint density at radius 2 is 1.93 bits per heavy atom. The predicted octanol–water partition coefficient (Wildman–Crippen LogP) is 4.25. The van der Waals surface area contributed by atoms with Gasteiger partial charge in [0.15, 0.2) is 0 Å².